The summed E-state index contributed by atoms with van der Waals surface area (Å²) in [4.78, 5) is 0. The van der Waals surface area contributed by atoms with E-state index in [1.54, 1.807) is 0 Å². The zero-order chi connectivity index (χ0) is 21.7. The van der Waals surface area contributed by atoms with Gasteiger partial charge in [0.05, 0.1) is 11.7 Å². The molecule has 0 spiro atoms. The first kappa shape index (κ1) is 23.1. The summed E-state index contributed by atoms with van der Waals surface area (Å²) in [6, 6.07) is 0. The van der Waals surface area contributed by atoms with E-state index < -0.39 is 0 Å². The van der Waals surface area contributed by atoms with Gasteiger partial charge in [-0.3, -0.25) is 0 Å². The highest BCUT2D eigenvalue weighted by Gasteiger charge is 2.61. The summed E-state index contributed by atoms with van der Waals surface area (Å²) in [5, 5.41) is 20.7. The van der Waals surface area contributed by atoms with Crippen LogP contribution in [0.5, 0.6) is 0 Å². The van der Waals surface area contributed by atoms with E-state index in [9.17, 15) is 10.2 Å². The number of aliphatic hydroxyl groups is 2. The summed E-state index contributed by atoms with van der Waals surface area (Å²) in [5.41, 5.74) is 0.653. The lowest BCUT2D eigenvalue weighted by molar-refractivity contribution is -0.152. The van der Waals surface area contributed by atoms with Gasteiger partial charge in [-0.05, 0) is 124 Å². The summed E-state index contributed by atoms with van der Waals surface area (Å²) >= 11 is 0. The summed E-state index contributed by atoms with van der Waals surface area (Å²) in [6.45, 7) is 11.9. The molecule has 4 fully saturated rings. The number of hydrogen-bond donors (Lipinski definition) is 2. The molecule has 0 saturated heterocycles. The van der Waals surface area contributed by atoms with Gasteiger partial charge in [0.2, 0.25) is 0 Å². The normalized spacial score (nSPS) is 50.3. The largest absolute Gasteiger partial charge is 0.393 e. The van der Waals surface area contributed by atoms with E-state index in [0.29, 0.717) is 10.8 Å². The average molecular weight is 419 g/mol. The maximum atomic E-state index is 11.0. The lowest BCUT2D eigenvalue weighted by atomic mass is 9.43. The Balaban J connectivity index is 1.46. The summed E-state index contributed by atoms with van der Waals surface area (Å²) in [5.74, 6) is 5.21. The number of hydrogen-bond acceptors (Lipinski definition) is 2. The molecule has 10 atom stereocenters. The van der Waals surface area contributed by atoms with Gasteiger partial charge in [0, 0.05) is 0 Å². The molecular formula is C28H50O2. The van der Waals surface area contributed by atoms with Crippen LogP contribution in [0.1, 0.15) is 118 Å². The van der Waals surface area contributed by atoms with Crippen LogP contribution in [0.3, 0.4) is 0 Å². The molecule has 2 N–H and O–H groups in total. The Kier molecular flexibility index (Phi) is 6.44. The zero-order valence-electron chi connectivity index (χ0n) is 20.6. The van der Waals surface area contributed by atoms with Crippen LogP contribution in [0.15, 0.2) is 0 Å². The summed E-state index contributed by atoms with van der Waals surface area (Å²) in [6.07, 6.45) is 16.1. The molecule has 2 heteroatoms. The maximum absolute atomic E-state index is 11.0. The van der Waals surface area contributed by atoms with Crippen molar-refractivity contribution in [3.05, 3.63) is 0 Å². The first-order valence-corrected chi connectivity index (χ1v) is 13.5. The van der Waals surface area contributed by atoms with Crippen LogP contribution in [0, 0.1) is 46.3 Å². The molecule has 7 unspecified atom stereocenters. The fraction of sp³-hybridized carbons (Fsp3) is 1.00. The van der Waals surface area contributed by atoms with Crippen LogP contribution in [0.2, 0.25) is 0 Å². The highest BCUT2D eigenvalue weighted by Crippen LogP contribution is 2.69. The van der Waals surface area contributed by atoms with E-state index in [0.717, 1.165) is 61.2 Å². The third-order valence-corrected chi connectivity index (χ3v) is 11.5. The monoisotopic (exact) mass is 418 g/mol. The molecule has 4 aliphatic rings. The average Bonchev–Trinajstić information content (AvgIpc) is 3.05. The molecule has 4 rings (SSSR count). The summed E-state index contributed by atoms with van der Waals surface area (Å²) < 4.78 is 0. The maximum Gasteiger partial charge on any atom is 0.0648 e. The Morgan fingerprint density at radius 1 is 0.867 bits per heavy atom. The Morgan fingerprint density at radius 2 is 1.60 bits per heavy atom. The minimum atomic E-state index is -0.375. The minimum Gasteiger partial charge on any atom is -0.393 e. The van der Waals surface area contributed by atoms with Crippen molar-refractivity contribution < 1.29 is 10.2 Å². The number of rotatable bonds is 6. The molecule has 4 aliphatic carbocycles. The Hall–Kier alpha value is -0.0800. The van der Waals surface area contributed by atoms with E-state index in [1.807, 2.05) is 6.92 Å². The van der Waals surface area contributed by atoms with Crippen LogP contribution < -0.4 is 0 Å². The first-order chi connectivity index (χ1) is 14.1. The summed E-state index contributed by atoms with van der Waals surface area (Å²) in [7, 11) is 0. The molecule has 0 aromatic heterocycles. The van der Waals surface area contributed by atoms with Crippen LogP contribution in [0.4, 0.5) is 0 Å². The lowest BCUT2D eigenvalue weighted by Crippen LogP contribution is -2.56. The van der Waals surface area contributed by atoms with Gasteiger partial charge in [-0.25, -0.2) is 0 Å². The Bertz CT molecular complexity index is 601. The van der Waals surface area contributed by atoms with Crippen molar-refractivity contribution >= 4 is 0 Å². The van der Waals surface area contributed by atoms with E-state index >= 15 is 0 Å². The molecule has 0 radical (unpaired) electrons. The second-order valence-corrected chi connectivity index (χ2v) is 12.9. The Labute approximate surface area is 186 Å². The van der Waals surface area contributed by atoms with Crippen molar-refractivity contribution in [2.45, 2.75) is 130 Å². The van der Waals surface area contributed by atoms with Gasteiger partial charge in [0.25, 0.3) is 0 Å². The van der Waals surface area contributed by atoms with Gasteiger partial charge in [-0.2, -0.15) is 0 Å². The van der Waals surface area contributed by atoms with Crippen LogP contribution in [0.25, 0.3) is 0 Å². The third kappa shape index (κ3) is 3.81. The van der Waals surface area contributed by atoms with Crippen molar-refractivity contribution in [1.82, 2.24) is 0 Å². The molecule has 2 nitrogen and oxygen atoms in total. The molecular weight excluding hydrogens is 368 g/mol. The second-order valence-electron chi connectivity index (χ2n) is 12.9. The highest BCUT2D eigenvalue weighted by atomic mass is 16.3. The van der Waals surface area contributed by atoms with E-state index in [1.165, 1.54) is 57.8 Å². The van der Waals surface area contributed by atoms with Gasteiger partial charge in [-0.15, -0.1) is 0 Å². The topological polar surface area (TPSA) is 40.5 Å². The van der Waals surface area contributed by atoms with E-state index in [4.69, 9.17) is 0 Å². The molecule has 174 valence electrons. The molecule has 0 aliphatic heterocycles. The third-order valence-electron chi connectivity index (χ3n) is 11.5. The van der Waals surface area contributed by atoms with Crippen LogP contribution >= 0.6 is 0 Å². The van der Waals surface area contributed by atoms with E-state index in [2.05, 4.69) is 27.7 Å². The van der Waals surface area contributed by atoms with Gasteiger partial charge in [0.1, 0.15) is 0 Å². The molecule has 0 bridgehead atoms. The molecule has 0 amide bonds. The fourth-order valence-electron chi connectivity index (χ4n) is 9.56. The van der Waals surface area contributed by atoms with Crippen molar-refractivity contribution in [3.8, 4) is 0 Å². The van der Waals surface area contributed by atoms with Crippen molar-refractivity contribution in [1.29, 1.82) is 0 Å². The van der Waals surface area contributed by atoms with Crippen molar-refractivity contribution in [3.63, 3.8) is 0 Å². The standard InChI is InChI=1S/C28H50O2/c1-6-28(30)17-16-26(4)21(18-28)10-11-22-24-13-12-23(19(2)8-7-9-20(3)29)27(24,5)15-14-25(22)26/h19-25,29-30H,6-18H2,1-5H3/t19-,20?,21?,22?,23-,24?,25?,26?,27?,28+/m1/s1. The van der Waals surface area contributed by atoms with Crippen molar-refractivity contribution in [2.75, 3.05) is 0 Å². The molecule has 0 heterocycles. The van der Waals surface area contributed by atoms with Crippen molar-refractivity contribution in [2.24, 2.45) is 46.3 Å². The van der Waals surface area contributed by atoms with Gasteiger partial charge < -0.3 is 10.2 Å². The second kappa shape index (κ2) is 8.36. The smallest absolute Gasteiger partial charge is 0.0648 e. The number of aliphatic hydroxyl groups excluding tert-OH is 1. The number of fused-ring (bicyclic) bond motifs is 5. The van der Waals surface area contributed by atoms with Crippen LogP contribution in [-0.4, -0.2) is 21.9 Å². The quantitative estimate of drug-likeness (QED) is 0.489. The molecule has 0 aromatic rings. The SMILES string of the molecule is CC[C@]1(O)CCC2(C)C(CCC3C2CCC2(C)C3CC[C@@H]2[C@H](C)CCCC(C)O)C1. The fourth-order valence-corrected chi connectivity index (χ4v) is 9.56. The van der Waals surface area contributed by atoms with Gasteiger partial charge in [0.15, 0.2) is 0 Å². The Morgan fingerprint density at radius 3 is 2.30 bits per heavy atom. The first-order valence-electron chi connectivity index (χ1n) is 13.5. The molecule has 30 heavy (non-hydrogen) atoms. The van der Waals surface area contributed by atoms with Crippen LogP contribution in [-0.2, 0) is 0 Å². The molecule has 0 aromatic carbocycles. The van der Waals surface area contributed by atoms with Gasteiger partial charge >= 0.3 is 0 Å². The molecule has 4 saturated carbocycles. The highest BCUT2D eigenvalue weighted by molar-refractivity contribution is 5.10. The lowest BCUT2D eigenvalue weighted by Gasteiger charge is -2.62. The zero-order valence-corrected chi connectivity index (χ0v) is 20.6. The predicted molar refractivity (Wildman–Crippen MR) is 125 cm³/mol. The predicted octanol–water partition coefficient (Wildman–Crippen LogP) is 6.97. The van der Waals surface area contributed by atoms with E-state index in [-0.39, 0.29) is 11.7 Å². The minimum absolute atomic E-state index is 0.142. The van der Waals surface area contributed by atoms with Gasteiger partial charge in [-0.1, -0.05) is 40.5 Å².